The second kappa shape index (κ2) is 5.35. The molecule has 0 aliphatic heterocycles. The van der Waals surface area contributed by atoms with Gasteiger partial charge in [-0.3, -0.25) is 4.79 Å². The second-order valence-electron chi connectivity index (χ2n) is 3.79. The Bertz CT molecular complexity index is 580. The molecule has 94 valence electrons. The fraction of sp³-hybridized carbons (Fsp3) is 0.154. The lowest BCUT2D eigenvalue weighted by Crippen LogP contribution is -2.15. The number of carbonyl (C=O) groups is 1. The molecule has 0 N–H and O–H groups in total. The molecule has 1 heterocycles. The van der Waals surface area contributed by atoms with Gasteiger partial charge in [-0.15, -0.1) is 0 Å². The first-order chi connectivity index (χ1) is 8.58. The zero-order valence-corrected chi connectivity index (χ0v) is 11.3. The Balaban J connectivity index is 2.04. The van der Waals surface area contributed by atoms with E-state index in [0.717, 1.165) is 0 Å². The zero-order valence-electron chi connectivity index (χ0n) is 9.69. The topological polar surface area (TPSA) is 31.2 Å². The Morgan fingerprint density at radius 1 is 1.44 bits per heavy atom. The van der Waals surface area contributed by atoms with Crippen LogP contribution in [-0.4, -0.2) is 17.0 Å². The summed E-state index contributed by atoms with van der Waals surface area (Å²) in [4.78, 5) is 11.8. The first-order valence-corrected chi connectivity index (χ1v) is 6.09. The molecule has 0 saturated heterocycles. The third-order valence-electron chi connectivity index (χ3n) is 2.48. The largest absolute Gasteiger partial charge is 0.482 e. The van der Waals surface area contributed by atoms with Crippen molar-refractivity contribution in [3.63, 3.8) is 0 Å². The Hall–Kier alpha value is -1.62. The van der Waals surface area contributed by atoms with Crippen LogP contribution in [-0.2, 0) is 7.05 Å². The number of carbonyl (C=O) groups excluding carboxylic acids is 1. The maximum absolute atomic E-state index is 13.5. The summed E-state index contributed by atoms with van der Waals surface area (Å²) < 4.78 is 20.9. The van der Waals surface area contributed by atoms with Gasteiger partial charge in [0.25, 0.3) is 0 Å². The second-order valence-corrected chi connectivity index (χ2v) is 4.71. The SMILES string of the molecule is Cn1cccc1C(=O)COc1ccc(Br)cc1F. The van der Waals surface area contributed by atoms with Gasteiger partial charge in [0.05, 0.1) is 5.69 Å². The zero-order chi connectivity index (χ0) is 13.1. The quantitative estimate of drug-likeness (QED) is 0.812. The summed E-state index contributed by atoms with van der Waals surface area (Å²) in [5.74, 6) is -0.616. The van der Waals surface area contributed by atoms with Gasteiger partial charge < -0.3 is 9.30 Å². The van der Waals surface area contributed by atoms with Crippen LogP contribution in [0, 0.1) is 5.82 Å². The first-order valence-electron chi connectivity index (χ1n) is 5.30. The molecule has 0 unspecified atom stereocenters. The first kappa shape index (κ1) is 12.8. The minimum atomic E-state index is -0.496. The van der Waals surface area contributed by atoms with Crippen LogP contribution >= 0.6 is 15.9 Å². The van der Waals surface area contributed by atoms with E-state index in [1.54, 1.807) is 36.0 Å². The van der Waals surface area contributed by atoms with Gasteiger partial charge in [0, 0.05) is 17.7 Å². The number of nitrogens with zero attached hydrogens (tertiary/aromatic N) is 1. The molecule has 0 saturated carbocycles. The van der Waals surface area contributed by atoms with Gasteiger partial charge in [0.1, 0.15) is 0 Å². The molecule has 0 fully saturated rings. The number of aromatic nitrogens is 1. The summed E-state index contributed by atoms with van der Waals surface area (Å²) >= 11 is 3.15. The van der Waals surface area contributed by atoms with Crippen LogP contribution in [0.3, 0.4) is 0 Å². The fourth-order valence-corrected chi connectivity index (χ4v) is 1.89. The van der Waals surface area contributed by atoms with Gasteiger partial charge in [-0.2, -0.15) is 0 Å². The lowest BCUT2D eigenvalue weighted by atomic mass is 10.3. The normalized spacial score (nSPS) is 10.4. The minimum absolute atomic E-state index is 0.0701. The van der Waals surface area contributed by atoms with E-state index < -0.39 is 5.82 Å². The van der Waals surface area contributed by atoms with E-state index in [-0.39, 0.29) is 18.1 Å². The van der Waals surface area contributed by atoms with E-state index in [1.807, 2.05) is 0 Å². The van der Waals surface area contributed by atoms with Gasteiger partial charge in [-0.25, -0.2) is 4.39 Å². The van der Waals surface area contributed by atoms with Crippen molar-refractivity contribution >= 4 is 21.7 Å². The van der Waals surface area contributed by atoms with Crippen molar-refractivity contribution in [2.75, 3.05) is 6.61 Å². The predicted molar refractivity (Wildman–Crippen MR) is 69.3 cm³/mol. The van der Waals surface area contributed by atoms with Crippen LogP contribution < -0.4 is 4.74 Å². The highest BCUT2D eigenvalue weighted by Gasteiger charge is 2.11. The highest BCUT2D eigenvalue weighted by molar-refractivity contribution is 9.10. The van der Waals surface area contributed by atoms with Crippen molar-refractivity contribution in [1.82, 2.24) is 4.57 Å². The monoisotopic (exact) mass is 311 g/mol. The van der Waals surface area contributed by atoms with Gasteiger partial charge >= 0.3 is 0 Å². The molecule has 0 atom stereocenters. The lowest BCUT2D eigenvalue weighted by molar-refractivity contribution is 0.0910. The van der Waals surface area contributed by atoms with Crippen molar-refractivity contribution in [3.8, 4) is 5.75 Å². The molecule has 0 aliphatic rings. The van der Waals surface area contributed by atoms with Gasteiger partial charge in [-0.1, -0.05) is 15.9 Å². The molecule has 0 spiro atoms. The Labute approximate surface area is 112 Å². The van der Waals surface area contributed by atoms with Crippen molar-refractivity contribution in [1.29, 1.82) is 0 Å². The number of hydrogen-bond acceptors (Lipinski definition) is 2. The Morgan fingerprint density at radius 2 is 2.22 bits per heavy atom. The van der Waals surface area contributed by atoms with Crippen molar-refractivity contribution < 1.29 is 13.9 Å². The number of ketones is 1. The average molecular weight is 312 g/mol. The van der Waals surface area contributed by atoms with Crippen molar-refractivity contribution in [2.24, 2.45) is 7.05 Å². The van der Waals surface area contributed by atoms with Crippen LogP contribution in [0.5, 0.6) is 5.75 Å². The smallest absolute Gasteiger partial charge is 0.216 e. The minimum Gasteiger partial charge on any atom is -0.482 e. The Morgan fingerprint density at radius 3 is 2.83 bits per heavy atom. The molecule has 0 radical (unpaired) electrons. The molecular weight excluding hydrogens is 301 g/mol. The maximum atomic E-state index is 13.5. The number of benzene rings is 1. The number of aryl methyl sites for hydroxylation is 1. The van der Waals surface area contributed by atoms with Crippen molar-refractivity contribution in [3.05, 3.63) is 52.5 Å². The van der Waals surface area contributed by atoms with Gasteiger partial charge in [0.2, 0.25) is 5.78 Å². The van der Waals surface area contributed by atoms with Crippen LogP contribution in [0.15, 0.2) is 41.0 Å². The summed E-state index contributed by atoms with van der Waals surface area (Å²) in [6.07, 6.45) is 1.77. The van der Waals surface area contributed by atoms with Gasteiger partial charge in [0.15, 0.2) is 18.2 Å². The van der Waals surface area contributed by atoms with E-state index in [1.165, 1.54) is 12.1 Å². The number of hydrogen-bond donors (Lipinski definition) is 0. The summed E-state index contributed by atoms with van der Waals surface area (Å²) in [5, 5.41) is 0. The molecule has 2 rings (SSSR count). The molecule has 1 aromatic carbocycles. The third kappa shape index (κ3) is 2.79. The van der Waals surface area contributed by atoms with E-state index in [0.29, 0.717) is 10.2 Å². The summed E-state index contributed by atoms with van der Waals surface area (Å²) in [6.45, 7) is -0.184. The van der Waals surface area contributed by atoms with Crippen LogP contribution in [0.2, 0.25) is 0 Å². The average Bonchev–Trinajstić information content (AvgIpc) is 2.74. The van der Waals surface area contributed by atoms with E-state index in [2.05, 4.69) is 15.9 Å². The Kier molecular flexibility index (Phi) is 3.81. The van der Waals surface area contributed by atoms with E-state index in [9.17, 15) is 9.18 Å². The van der Waals surface area contributed by atoms with Crippen LogP contribution in [0.4, 0.5) is 4.39 Å². The van der Waals surface area contributed by atoms with Gasteiger partial charge in [-0.05, 0) is 30.3 Å². The molecule has 2 aromatic rings. The molecule has 5 heteroatoms. The number of rotatable bonds is 4. The third-order valence-corrected chi connectivity index (χ3v) is 2.98. The molecular formula is C13H11BrFNO2. The molecule has 0 bridgehead atoms. The molecule has 0 aliphatic carbocycles. The van der Waals surface area contributed by atoms with Crippen molar-refractivity contribution in [2.45, 2.75) is 0 Å². The van der Waals surface area contributed by atoms with E-state index >= 15 is 0 Å². The number of ether oxygens (including phenoxy) is 1. The van der Waals surface area contributed by atoms with E-state index in [4.69, 9.17) is 4.74 Å². The molecule has 18 heavy (non-hydrogen) atoms. The molecule has 0 amide bonds. The van der Waals surface area contributed by atoms with Crippen LogP contribution in [0.1, 0.15) is 10.5 Å². The number of halogens is 2. The fourth-order valence-electron chi connectivity index (χ4n) is 1.56. The summed E-state index contributed by atoms with van der Waals surface area (Å²) in [7, 11) is 1.77. The summed E-state index contributed by atoms with van der Waals surface area (Å²) in [6, 6.07) is 7.91. The lowest BCUT2D eigenvalue weighted by Gasteiger charge is -2.07. The van der Waals surface area contributed by atoms with Crippen LogP contribution in [0.25, 0.3) is 0 Å². The maximum Gasteiger partial charge on any atom is 0.216 e. The molecule has 3 nitrogen and oxygen atoms in total. The predicted octanol–water partition coefficient (Wildman–Crippen LogP) is 3.19. The molecule has 1 aromatic heterocycles. The number of Topliss-reactive ketones (excluding diaryl/α,β-unsaturated/α-hetero) is 1. The highest BCUT2D eigenvalue weighted by Crippen LogP contribution is 2.21. The standard InChI is InChI=1S/C13H11BrFNO2/c1-16-6-2-3-11(16)12(17)8-18-13-5-4-9(14)7-10(13)15/h2-7H,8H2,1H3. The summed E-state index contributed by atoms with van der Waals surface area (Å²) in [5.41, 5.74) is 0.535. The highest BCUT2D eigenvalue weighted by atomic mass is 79.9.